The lowest BCUT2D eigenvalue weighted by atomic mass is 10.1. The molecule has 4 aromatic heterocycles. The summed E-state index contributed by atoms with van der Waals surface area (Å²) in [5, 5.41) is 5.13. The SMILES string of the molecule is Cc1ccc(S(=O)(=O)n2ccc3c(-c4c(C)nc5cccnn45)ccnc32)cc1. The summed E-state index contributed by atoms with van der Waals surface area (Å²) in [4.78, 5) is 9.15. The summed E-state index contributed by atoms with van der Waals surface area (Å²) in [6.07, 6.45) is 4.85. The predicted octanol–water partition coefficient (Wildman–Crippen LogP) is 3.60. The van der Waals surface area contributed by atoms with Crippen molar-refractivity contribution < 1.29 is 8.42 Å². The molecule has 29 heavy (non-hydrogen) atoms. The summed E-state index contributed by atoms with van der Waals surface area (Å²) in [6.45, 7) is 3.83. The smallest absolute Gasteiger partial charge is 0.237 e. The van der Waals surface area contributed by atoms with Gasteiger partial charge in [-0.2, -0.15) is 5.10 Å². The van der Waals surface area contributed by atoms with Crippen molar-refractivity contribution in [3.8, 4) is 11.3 Å². The molecule has 5 aromatic rings. The summed E-state index contributed by atoms with van der Waals surface area (Å²) in [5.41, 5.74) is 4.56. The van der Waals surface area contributed by atoms with E-state index in [1.807, 2.05) is 32.0 Å². The van der Waals surface area contributed by atoms with Gasteiger partial charge in [0.1, 0.15) is 0 Å². The number of aromatic nitrogens is 5. The molecule has 0 N–H and O–H groups in total. The summed E-state index contributed by atoms with van der Waals surface area (Å²) >= 11 is 0. The number of hydrogen-bond donors (Lipinski definition) is 0. The van der Waals surface area contributed by atoms with Gasteiger partial charge < -0.3 is 0 Å². The van der Waals surface area contributed by atoms with Gasteiger partial charge in [-0.25, -0.2) is 26.9 Å². The molecule has 0 saturated carbocycles. The van der Waals surface area contributed by atoms with Crippen LogP contribution in [0.4, 0.5) is 0 Å². The highest BCUT2D eigenvalue weighted by atomic mass is 32.2. The second kappa shape index (κ2) is 6.25. The zero-order valence-corrected chi connectivity index (χ0v) is 16.6. The minimum atomic E-state index is -3.76. The van der Waals surface area contributed by atoms with E-state index in [2.05, 4.69) is 15.1 Å². The van der Waals surface area contributed by atoms with Crippen LogP contribution in [0.5, 0.6) is 0 Å². The first kappa shape index (κ1) is 17.6. The maximum atomic E-state index is 13.2. The first-order valence-corrected chi connectivity index (χ1v) is 10.5. The van der Waals surface area contributed by atoms with Gasteiger partial charge in [0.15, 0.2) is 11.3 Å². The second-order valence-electron chi connectivity index (χ2n) is 6.86. The number of nitrogens with zero attached hydrogens (tertiary/aromatic N) is 5. The molecular formula is C21H17N5O2S. The fourth-order valence-corrected chi connectivity index (χ4v) is 4.85. The van der Waals surface area contributed by atoms with Crippen LogP contribution in [0.25, 0.3) is 27.9 Å². The van der Waals surface area contributed by atoms with Crippen molar-refractivity contribution in [1.82, 2.24) is 23.6 Å². The van der Waals surface area contributed by atoms with Crippen LogP contribution >= 0.6 is 0 Å². The second-order valence-corrected chi connectivity index (χ2v) is 8.68. The maximum absolute atomic E-state index is 13.2. The van der Waals surface area contributed by atoms with Crippen LogP contribution in [0.2, 0.25) is 0 Å². The molecule has 1 aromatic carbocycles. The minimum absolute atomic E-state index is 0.223. The molecule has 0 atom stereocenters. The van der Waals surface area contributed by atoms with Gasteiger partial charge in [0.05, 0.1) is 16.3 Å². The zero-order chi connectivity index (χ0) is 20.2. The Morgan fingerprint density at radius 3 is 2.52 bits per heavy atom. The Morgan fingerprint density at radius 1 is 0.931 bits per heavy atom. The third-order valence-corrected chi connectivity index (χ3v) is 6.64. The number of pyridine rings is 1. The van der Waals surface area contributed by atoms with E-state index < -0.39 is 10.0 Å². The lowest BCUT2D eigenvalue weighted by Crippen LogP contribution is -2.12. The van der Waals surface area contributed by atoms with Crippen LogP contribution in [0, 0.1) is 13.8 Å². The average molecular weight is 403 g/mol. The molecule has 0 fully saturated rings. The van der Waals surface area contributed by atoms with Crippen molar-refractivity contribution in [2.75, 3.05) is 0 Å². The van der Waals surface area contributed by atoms with Gasteiger partial charge in [0, 0.05) is 29.5 Å². The number of benzene rings is 1. The Kier molecular flexibility index (Phi) is 3.78. The first-order chi connectivity index (χ1) is 14.0. The monoisotopic (exact) mass is 403 g/mol. The fraction of sp³-hybridized carbons (Fsp3) is 0.0952. The van der Waals surface area contributed by atoms with Crippen LogP contribution in [0.15, 0.2) is 72.0 Å². The van der Waals surface area contributed by atoms with Crippen LogP contribution in [0.3, 0.4) is 0 Å². The van der Waals surface area contributed by atoms with Crippen molar-refractivity contribution in [1.29, 1.82) is 0 Å². The van der Waals surface area contributed by atoms with Gasteiger partial charge in [-0.15, -0.1) is 0 Å². The predicted molar refractivity (Wildman–Crippen MR) is 110 cm³/mol. The Bertz CT molecular complexity index is 1480. The molecule has 0 bridgehead atoms. The van der Waals surface area contributed by atoms with E-state index in [4.69, 9.17) is 0 Å². The summed E-state index contributed by atoms with van der Waals surface area (Å²) in [5.74, 6) is 0. The van der Waals surface area contributed by atoms with Crippen molar-refractivity contribution in [2.45, 2.75) is 18.7 Å². The highest BCUT2D eigenvalue weighted by Gasteiger charge is 2.22. The van der Waals surface area contributed by atoms with Crippen LogP contribution < -0.4 is 0 Å². The lowest BCUT2D eigenvalue weighted by molar-refractivity contribution is 0.588. The first-order valence-electron chi connectivity index (χ1n) is 9.06. The van der Waals surface area contributed by atoms with E-state index in [1.54, 1.807) is 53.4 Å². The minimum Gasteiger partial charge on any atom is -0.237 e. The number of aryl methyl sites for hydroxylation is 2. The molecule has 0 saturated heterocycles. The molecule has 7 nitrogen and oxygen atoms in total. The molecular weight excluding hydrogens is 386 g/mol. The van der Waals surface area contributed by atoms with Gasteiger partial charge in [0.2, 0.25) is 0 Å². The summed E-state index contributed by atoms with van der Waals surface area (Å²) in [6, 6.07) is 14.1. The van der Waals surface area contributed by atoms with Gasteiger partial charge in [-0.05, 0) is 50.2 Å². The van der Waals surface area contributed by atoms with Crippen molar-refractivity contribution in [3.05, 3.63) is 78.4 Å². The van der Waals surface area contributed by atoms with E-state index >= 15 is 0 Å². The number of fused-ring (bicyclic) bond motifs is 2. The highest BCUT2D eigenvalue weighted by Crippen LogP contribution is 2.32. The molecule has 0 aliphatic carbocycles. The van der Waals surface area contributed by atoms with E-state index in [0.29, 0.717) is 5.65 Å². The van der Waals surface area contributed by atoms with Crippen LogP contribution in [-0.4, -0.2) is 32.0 Å². The summed E-state index contributed by atoms with van der Waals surface area (Å²) < 4.78 is 29.4. The molecule has 0 radical (unpaired) electrons. The molecule has 0 aliphatic heterocycles. The lowest BCUT2D eigenvalue weighted by Gasteiger charge is -2.08. The Hall–Kier alpha value is -3.52. The Morgan fingerprint density at radius 2 is 1.72 bits per heavy atom. The molecule has 8 heteroatoms. The van der Waals surface area contributed by atoms with Crippen molar-refractivity contribution in [3.63, 3.8) is 0 Å². The fourth-order valence-electron chi connectivity index (χ4n) is 3.55. The number of hydrogen-bond acceptors (Lipinski definition) is 5. The van der Waals surface area contributed by atoms with E-state index in [1.165, 1.54) is 3.97 Å². The third-order valence-electron chi connectivity index (χ3n) is 4.95. The highest BCUT2D eigenvalue weighted by molar-refractivity contribution is 7.90. The van der Waals surface area contributed by atoms with Crippen LogP contribution in [0.1, 0.15) is 11.3 Å². The van der Waals surface area contributed by atoms with E-state index in [9.17, 15) is 8.42 Å². The number of rotatable bonds is 3. The quantitative estimate of drug-likeness (QED) is 0.460. The molecule has 0 amide bonds. The van der Waals surface area contributed by atoms with Gasteiger partial charge in [0.25, 0.3) is 10.0 Å². The average Bonchev–Trinajstić information content (AvgIpc) is 3.29. The molecule has 0 spiro atoms. The topological polar surface area (TPSA) is 82.1 Å². The van der Waals surface area contributed by atoms with Gasteiger partial charge in [-0.3, -0.25) is 0 Å². The zero-order valence-electron chi connectivity index (χ0n) is 15.8. The van der Waals surface area contributed by atoms with Gasteiger partial charge >= 0.3 is 0 Å². The molecule has 0 aliphatic rings. The number of imidazole rings is 1. The van der Waals surface area contributed by atoms with Gasteiger partial charge in [-0.1, -0.05) is 17.7 Å². The Labute approximate surface area is 167 Å². The third kappa shape index (κ3) is 2.64. The molecule has 4 heterocycles. The standard InChI is InChI=1S/C21H17N5O2S/c1-14-5-7-16(8-6-14)29(27,28)25-13-10-18-17(9-12-22-21(18)25)20-15(2)24-19-4-3-11-23-26(19)20/h3-13H,1-2H3. The molecule has 0 unspecified atom stereocenters. The van der Waals surface area contributed by atoms with Crippen molar-refractivity contribution >= 4 is 26.7 Å². The maximum Gasteiger partial charge on any atom is 0.269 e. The van der Waals surface area contributed by atoms with Crippen LogP contribution in [-0.2, 0) is 10.0 Å². The van der Waals surface area contributed by atoms with E-state index in [-0.39, 0.29) is 4.90 Å². The largest absolute Gasteiger partial charge is 0.269 e. The molecule has 5 rings (SSSR count). The van der Waals surface area contributed by atoms with Crippen molar-refractivity contribution in [2.24, 2.45) is 0 Å². The summed E-state index contributed by atoms with van der Waals surface area (Å²) in [7, 11) is -3.76. The van der Waals surface area contributed by atoms with E-state index in [0.717, 1.165) is 33.5 Å². The normalized spacial score (nSPS) is 12.1. The Balaban J connectivity index is 1.75. The molecule has 144 valence electrons.